The number of hydrogen-bond donors (Lipinski definition) is 0. The van der Waals surface area contributed by atoms with Gasteiger partial charge in [-0.05, 0) is 58.3 Å². The smallest absolute Gasteiger partial charge is 0.123 e. The molecule has 0 radical (unpaired) electrons. The van der Waals surface area contributed by atoms with E-state index in [9.17, 15) is 0 Å². The van der Waals surface area contributed by atoms with Crippen LogP contribution < -0.4 is 4.74 Å². The summed E-state index contributed by atoms with van der Waals surface area (Å²) in [7, 11) is 0. The molecule has 0 aliphatic carbocycles. The van der Waals surface area contributed by atoms with E-state index in [1.165, 1.54) is 14.7 Å². The summed E-state index contributed by atoms with van der Waals surface area (Å²) in [6.07, 6.45) is 0.987. The van der Waals surface area contributed by atoms with Gasteiger partial charge in [0.15, 0.2) is 0 Å². The van der Waals surface area contributed by atoms with Crippen molar-refractivity contribution in [2.24, 2.45) is 0 Å². The Morgan fingerprint density at radius 3 is 2.56 bits per heavy atom. The predicted octanol–water partition coefficient (Wildman–Crippen LogP) is 4.81. The lowest BCUT2D eigenvalue weighted by Gasteiger charge is -2.11. The first-order chi connectivity index (χ1) is 8.79. The highest BCUT2D eigenvalue weighted by atomic mass is 127. The lowest BCUT2D eigenvalue weighted by atomic mass is 10.1. The lowest BCUT2D eigenvalue weighted by Crippen LogP contribution is -1.99. The number of hydrogen-bond acceptors (Lipinski definition) is 1. The molecule has 0 amide bonds. The number of halogens is 2. The van der Waals surface area contributed by atoms with E-state index in [4.69, 9.17) is 4.74 Å². The van der Waals surface area contributed by atoms with Crippen LogP contribution in [0.3, 0.4) is 0 Å². The number of rotatable bonds is 5. The van der Waals surface area contributed by atoms with Gasteiger partial charge in [-0.1, -0.05) is 46.3 Å². The maximum Gasteiger partial charge on any atom is 0.123 e. The van der Waals surface area contributed by atoms with Gasteiger partial charge in [-0.25, -0.2) is 0 Å². The molecular formula is C15H14BrIO. The second kappa shape index (κ2) is 7.14. The van der Waals surface area contributed by atoms with E-state index in [1.807, 2.05) is 18.2 Å². The number of benzene rings is 2. The van der Waals surface area contributed by atoms with Gasteiger partial charge in [-0.15, -0.1) is 0 Å². The van der Waals surface area contributed by atoms with Crippen LogP contribution in [0.25, 0.3) is 0 Å². The van der Waals surface area contributed by atoms with Gasteiger partial charge in [0.05, 0.1) is 0 Å². The van der Waals surface area contributed by atoms with Crippen molar-refractivity contribution < 1.29 is 4.74 Å². The molecule has 0 aliphatic heterocycles. The van der Waals surface area contributed by atoms with Crippen molar-refractivity contribution in [3.8, 4) is 5.75 Å². The Hall–Kier alpha value is -0.550. The molecule has 3 heteroatoms. The summed E-state index contributed by atoms with van der Waals surface area (Å²) in [5, 5.41) is 0.953. The van der Waals surface area contributed by atoms with Crippen LogP contribution in [-0.2, 0) is 13.0 Å². The van der Waals surface area contributed by atoms with Gasteiger partial charge in [0.25, 0.3) is 0 Å². The summed E-state index contributed by atoms with van der Waals surface area (Å²) in [5.74, 6) is 0.985. The fourth-order valence-corrected chi connectivity index (χ4v) is 2.70. The summed E-state index contributed by atoms with van der Waals surface area (Å²) in [6, 6.07) is 16.6. The fourth-order valence-electron chi connectivity index (χ4n) is 1.72. The molecule has 1 nitrogen and oxygen atoms in total. The van der Waals surface area contributed by atoms with E-state index >= 15 is 0 Å². The van der Waals surface area contributed by atoms with E-state index < -0.39 is 0 Å². The van der Waals surface area contributed by atoms with Crippen LogP contribution in [0.1, 0.15) is 11.1 Å². The zero-order chi connectivity index (χ0) is 12.8. The Labute approximate surface area is 130 Å². The molecule has 0 aromatic heterocycles. The second-order valence-electron chi connectivity index (χ2n) is 3.97. The van der Waals surface area contributed by atoms with Gasteiger partial charge >= 0.3 is 0 Å². The molecule has 2 aromatic carbocycles. The Morgan fingerprint density at radius 2 is 1.83 bits per heavy atom. The van der Waals surface area contributed by atoms with Crippen molar-refractivity contribution in [3.63, 3.8) is 0 Å². The zero-order valence-electron chi connectivity index (χ0n) is 9.90. The predicted molar refractivity (Wildman–Crippen MR) is 87.4 cm³/mol. The van der Waals surface area contributed by atoms with Crippen molar-refractivity contribution in [2.45, 2.75) is 13.0 Å². The first-order valence-electron chi connectivity index (χ1n) is 5.80. The van der Waals surface area contributed by atoms with Crippen LogP contribution in [0.15, 0.2) is 48.5 Å². The molecule has 0 aliphatic rings. The Balaban J connectivity index is 2.09. The number of alkyl halides is 1. The maximum absolute atomic E-state index is 5.91. The molecule has 0 fully saturated rings. The normalized spacial score (nSPS) is 10.3. The third-order valence-electron chi connectivity index (χ3n) is 2.62. The largest absolute Gasteiger partial charge is 0.489 e. The highest BCUT2D eigenvalue weighted by molar-refractivity contribution is 14.1. The van der Waals surface area contributed by atoms with Gasteiger partial charge in [0, 0.05) is 8.90 Å². The Bertz CT molecular complexity index is 499. The summed E-state index contributed by atoms with van der Waals surface area (Å²) in [4.78, 5) is 0. The molecule has 0 unspecified atom stereocenters. The SMILES string of the molecule is BrCCc1cc(I)ccc1OCc1ccccc1. The molecular weight excluding hydrogens is 403 g/mol. The summed E-state index contributed by atoms with van der Waals surface area (Å²) >= 11 is 5.81. The maximum atomic E-state index is 5.91. The van der Waals surface area contributed by atoms with Crippen LogP contribution in [-0.4, -0.2) is 5.33 Å². The van der Waals surface area contributed by atoms with Crippen LogP contribution in [0.5, 0.6) is 5.75 Å². The highest BCUT2D eigenvalue weighted by Crippen LogP contribution is 2.23. The van der Waals surface area contributed by atoms with Crippen molar-refractivity contribution in [2.75, 3.05) is 5.33 Å². The molecule has 2 aromatic rings. The van der Waals surface area contributed by atoms with Gasteiger partial charge in [0.1, 0.15) is 12.4 Å². The van der Waals surface area contributed by atoms with Gasteiger partial charge < -0.3 is 4.74 Å². The number of aryl methyl sites for hydroxylation is 1. The Kier molecular flexibility index (Phi) is 5.50. The van der Waals surface area contributed by atoms with Crippen LogP contribution in [0.2, 0.25) is 0 Å². The van der Waals surface area contributed by atoms with E-state index in [2.05, 4.69) is 68.9 Å². The molecule has 0 heterocycles. The standard InChI is InChI=1S/C15H14BrIO/c16-9-8-13-10-14(17)6-7-15(13)18-11-12-4-2-1-3-5-12/h1-7,10H,8-9,11H2. The molecule has 0 spiro atoms. The molecule has 0 bridgehead atoms. The summed E-state index contributed by atoms with van der Waals surface area (Å²) in [6.45, 7) is 0.622. The average Bonchev–Trinajstić information content (AvgIpc) is 2.39. The molecule has 0 saturated carbocycles. The quantitative estimate of drug-likeness (QED) is 0.502. The van der Waals surface area contributed by atoms with Crippen molar-refractivity contribution in [1.82, 2.24) is 0 Å². The molecule has 0 N–H and O–H groups in total. The van der Waals surface area contributed by atoms with Crippen LogP contribution >= 0.6 is 38.5 Å². The molecule has 94 valence electrons. The second-order valence-corrected chi connectivity index (χ2v) is 6.00. The van der Waals surface area contributed by atoms with Gasteiger partial charge in [-0.2, -0.15) is 0 Å². The summed E-state index contributed by atoms with van der Waals surface area (Å²) in [5.41, 5.74) is 2.45. The minimum Gasteiger partial charge on any atom is -0.489 e. The number of ether oxygens (including phenoxy) is 1. The minimum absolute atomic E-state index is 0.622. The van der Waals surface area contributed by atoms with E-state index in [-0.39, 0.29) is 0 Å². The van der Waals surface area contributed by atoms with Crippen molar-refractivity contribution >= 4 is 38.5 Å². The lowest BCUT2D eigenvalue weighted by molar-refractivity contribution is 0.303. The first kappa shape index (κ1) is 13.9. The molecule has 18 heavy (non-hydrogen) atoms. The summed E-state index contributed by atoms with van der Waals surface area (Å²) < 4.78 is 7.15. The van der Waals surface area contributed by atoms with E-state index in [0.717, 1.165) is 17.5 Å². The Morgan fingerprint density at radius 1 is 1.06 bits per heavy atom. The zero-order valence-corrected chi connectivity index (χ0v) is 13.6. The third-order valence-corrected chi connectivity index (χ3v) is 3.69. The van der Waals surface area contributed by atoms with E-state index in [0.29, 0.717) is 6.61 Å². The fraction of sp³-hybridized carbons (Fsp3) is 0.200. The van der Waals surface area contributed by atoms with Crippen molar-refractivity contribution in [3.05, 3.63) is 63.2 Å². The molecule has 0 saturated heterocycles. The van der Waals surface area contributed by atoms with E-state index in [1.54, 1.807) is 0 Å². The van der Waals surface area contributed by atoms with Gasteiger partial charge in [0.2, 0.25) is 0 Å². The average molecular weight is 417 g/mol. The van der Waals surface area contributed by atoms with Crippen molar-refractivity contribution in [1.29, 1.82) is 0 Å². The monoisotopic (exact) mass is 416 g/mol. The van der Waals surface area contributed by atoms with Gasteiger partial charge in [-0.3, -0.25) is 0 Å². The first-order valence-corrected chi connectivity index (χ1v) is 8.01. The highest BCUT2D eigenvalue weighted by Gasteiger charge is 2.04. The van der Waals surface area contributed by atoms with Crippen LogP contribution in [0, 0.1) is 3.57 Å². The molecule has 0 atom stereocenters. The van der Waals surface area contributed by atoms with Crippen LogP contribution in [0.4, 0.5) is 0 Å². The third kappa shape index (κ3) is 3.99. The minimum atomic E-state index is 0.622. The topological polar surface area (TPSA) is 9.23 Å². The molecule has 2 rings (SSSR count).